The Morgan fingerprint density at radius 3 is 2.92 bits per heavy atom. The minimum atomic E-state index is -0.449. The Kier molecular flexibility index (Phi) is 4.16. The summed E-state index contributed by atoms with van der Waals surface area (Å²) < 4.78 is 21.3. The first-order chi connectivity index (χ1) is 12.6. The molecule has 2 aliphatic heterocycles. The van der Waals surface area contributed by atoms with Crippen molar-refractivity contribution >= 4 is 11.7 Å². The average molecular weight is 358 g/mol. The van der Waals surface area contributed by atoms with E-state index in [2.05, 4.69) is 5.32 Å². The molecule has 0 aliphatic carbocycles. The van der Waals surface area contributed by atoms with E-state index in [9.17, 15) is 9.59 Å². The molecule has 1 N–H and O–H groups in total. The highest BCUT2D eigenvalue weighted by Gasteiger charge is 2.28. The van der Waals surface area contributed by atoms with Crippen LogP contribution in [-0.4, -0.2) is 36.9 Å². The van der Waals surface area contributed by atoms with Crippen molar-refractivity contribution in [1.29, 1.82) is 0 Å². The smallest absolute Gasteiger partial charge is 0.339 e. The first-order valence-corrected chi connectivity index (χ1v) is 8.31. The number of amides is 2. The molecule has 0 saturated carbocycles. The van der Waals surface area contributed by atoms with Crippen LogP contribution in [0, 0.1) is 6.92 Å². The quantitative estimate of drug-likeness (QED) is 0.906. The van der Waals surface area contributed by atoms with Crippen molar-refractivity contribution in [3.8, 4) is 17.2 Å². The van der Waals surface area contributed by atoms with Crippen molar-refractivity contribution in [2.24, 2.45) is 0 Å². The fraction of sp³-hybridized carbons (Fsp3) is 0.333. The van der Waals surface area contributed by atoms with Gasteiger partial charge in [0.25, 0.3) is 0 Å². The van der Waals surface area contributed by atoms with E-state index in [1.165, 1.54) is 6.07 Å². The molecule has 8 nitrogen and oxygen atoms in total. The van der Waals surface area contributed by atoms with E-state index in [1.807, 2.05) is 0 Å². The van der Waals surface area contributed by atoms with Gasteiger partial charge in [0.05, 0.1) is 12.6 Å². The second-order valence-corrected chi connectivity index (χ2v) is 6.20. The Labute approximate surface area is 149 Å². The molecule has 26 heavy (non-hydrogen) atoms. The van der Waals surface area contributed by atoms with Gasteiger partial charge in [-0.1, -0.05) is 0 Å². The summed E-state index contributed by atoms with van der Waals surface area (Å²) in [6, 6.07) is 8.02. The molecule has 3 heterocycles. The van der Waals surface area contributed by atoms with Gasteiger partial charge in [0.15, 0.2) is 11.5 Å². The minimum Gasteiger partial charge on any atom is -0.488 e. The molecule has 1 aromatic heterocycles. The number of nitrogens with one attached hydrogen (secondary N) is 1. The summed E-state index contributed by atoms with van der Waals surface area (Å²) in [7, 11) is 0. The molecule has 0 spiro atoms. The monoisotopic (exact) mass is 358 g/mol. The zero-order chi connectivity index (χ0) is 18.1. The van der Waals surface area contributed by atoms with Crippen LogP contribution in [0.1, 0.15) is 12.2 Å². The summed E-state index contributed by atoms with van der Waals surface area (Å²) in [6.45, 7) is 2.89. The van der Waals surface area contributed by atoms with Crippen LogP contribution in [0.2, 0.25) is 0 Å². The first-order valence-electron chi connectivity index (χ1n) is 8.31. The lowest BCUT2D eigenvalue weighted by Crippen LogP contribution is -2.34. The predicted molar refractivity (Wildman–Crippen MR) is 91.9 cm³/mol. The van der Waals surface area contributed by atoms with Crippen LogP contribution in [0.15, 0.2) is 39.5 Å². The van der Waals surface area contributed by atoms with E-state index in [1.54, 1.807) is 36.1 Å². The molecule has 2 aromatic rings. The van der Waals surface area contributed by atoms with Gasteiger partial charge >= 0.3 is 11.7 Å². The maximum Gasteiger partial charge on any atom is 0.339 e. The van der Waals surface area contributed by atoms with Gasteiger partial charge in [0, 0.05) is 30.8 Å². The van der Waals surface area contributed by atoms with Crippen LogP contribution in [-0.2, 0) is 0 Å². The number of rotatable bonds is 3. The first kappa shape index (κ1) is 16.3. The van der Waals surface area contributed by atoms with Gasteiger partial charge in [0.1, 0.15) is 17.6 Å². The molecule has 1 saturated heterocycles. The number of carbonyl (C=O) groups is 1. The molecule has 1 aromatic carbocycles. The fourth-order valence-electron chi connectivity index (χ4n) is 3.02. The number of aryl methyl sites for hydroxylation is 1. The molecule has 1 unspecified atom stereocenters. The number of anilines is 1. The molecule has 4 rings (SSSR count). The van der Waals surface area contributed by atoms with Crippen molar-refractivity contribution in [2.45, 2.75) is 19.4 Å². The number of ether oxygens (including phenoxy) is 3. The van der Waals surface area contributed by atoms with Gasteiger partial charge in [-0.15, -0.1) is 0 Å². The molecule has 2 amide bonds. The topological polar surface area (TPSA) is 90.2 Å². The van der Waals surface area contributed by atoms with Crippen molar-refractivity contribution in [2.75, 3.05) is 25.2 Å². The Hall–Kier alpha value is -3.16. The lowest BCUT2D eigenvalue weighted by atomic mass is 10.3. The van der Waals surface area contributed by atoms with Gasteiger partial charge in [-0.2, -0.15) is 0 Å². The summed E-state index contributed by atoms with van der Waals surface area (Å²) in [4.78, 5) is 25.5. The standard InChI is InChI=1S/C18H18N2O6/c1-11-6-14(8-17(21)25-11)26-13-4-5-20(9-13)18(22)19-12-2-3-15-16(7-12)24-10-23-15/h2-3,6-8,13H,4-5,9-10H2,1H3,(H,19,22). The summed E-state index contributed by atoms with van der Waals surface area (Å²) in [6.07, 6.45) is 0.520. The van der Waals surface area contributed by atoms with E-state index in [-0.39, 0.29) is 18.9 Å². The van der Waals surface area contributed by atoms with E-state index >= 15 is 0 Å². The normalized spacial score (nSPS) is 18.0. The Bertz CT molecular complexity index is 893. The largest absolute Gasteiger partial charge is 0.488 e. The van der Waals surface area contributed by atoms with Gasteiger partial charge in [-0.05, 0) is 19.1 Å². The minimum absolute atomic E-state index is 0.168. The predicted octanol–water partition coefficient (Wildman–Crippen LogP) is 2.36. The second kappa shape index (κ2) is 6.62. The molecule has 136 valence electrons. The molecule has 1 fully saturated rings. The Morgan fingerprint density at radius 1 is 1.23 bits per heavy atom. The summed E-state index contributed by atoms with van der Waals surface area (Å²) >= 11 is 0. The number of carbonyl (C=O) groups excluding carboxylic acids is 1. The lowest BCUT2D eigenvalue weighted by Gasteiger charge is -2.18. The van der Waals surface area contributed by atoms with Crippen LogP contribution in [0.25, 0.3) is 0 Å². The zero-order valence-corrected chi connectivity index (χ0v) is 14.2. The summed E-state index contributed by atoms with van der Waals surface area (Å²) in [5.74, 6) is 2.23. The van der Waals surface area contributed by atoms with Crippen LogP contribution in [0.5, 0.6) is 17.2 Å². The number of urea groups is 1. The van der Waals surface area contributed by atoms with Crippen LogP contribution < -0.4 is 25.2 Å². The van der Waals surface area contributed by atoms with Crippen molar-refractivity contribution in [3.63, 3.8) is 0 Å². The van der Waals surface area contributed by atoms with E-state index < -0.39 is 5.63 Å². The number of hydrogen-bond acceptors (Lipinski definition) is 6. The van der Waals surface area contributed by atoms with Crippen molar-refractivity contribution in [1.82, 2.24) is 4.90 Å². The molecule has 8 heteroatoms. The van der Waals surface area contributed by atoms with Gasteiger partial charge in [0.2, 0.25) is 6.79 Å². The number of nitrogens with zero attached hydrogens (tertiary/aromatic N) is 1. The van der Waals surface area contributed by atoms with E-state index in [0.29, 0.717) is 48.2 Å². The Balaban J connectivity index is 1.36. The van der Waals surface area contributed by atoms with Gasteiger partial charge in [-0.25, -0.2) is 9.59 Å². The number of benzene rings is 1. The maximum absolute atomic E-state index is 12.4. The summed E-state index contributed by atoms with van der Waals surface area (Å²) in [5, 5.41) is 2.85. The van der Waals surface area contributed by atoms with E-state index in [0.717, 1.165) is 0 Å². The molecule has 0 bridgehead atoms. The molecule has 2 aliphatic rings. The van der Waals surface area contributed by atoms with Crippen molar-refractivity contribution < 1.29 is 23.4 Å². The van der Waals surface area contributed by atoms with Crippen molar-refractivity contribution in [3.05, 3.63) is 46.5 Å². The fourth-order valence-corrected chi connectivity index (χ4v) is 3.02. The molecule has 0 radical (unpaired) electrons. The second-order valence-electron chi connectivity index (χ2n) is 6.20. The molecule has 1 atom stereocenters. The molecular formula is C18H18N2O6. The third kappa shape index (κ3) is 3.44. The third-order valence-corrected chi connectivity index (χ3v) is 4.23. The van der Waals surface area contributed by atoms with Crippen LogP contribution >= 0.6 is 0 Å². The molecular weight excluding hydrogens is 340 g/mol. The highest BCUT2D eigenvalue weighted by atomic mass is 16.7. The SMILES string of the molecule is Cc1cc(OC2CCN(C(=O)Nc3ccc4c(c3)OCO4)C2)cc(=O)o1. The van der Waals surface area contributed by atoms with Crippen LogP contribution in [0.3, 0.4) is 0 Å². The number of likely N-dealkylation sites (tertiary alicyclic amines) is 1. The number of hydrogen-bond donors (Lipinski definition) is 1. The highest BCUT2D eigenvalue weighted by Crippen LogP contribution is 2.34. The zero-order valence-electron chi connectivity index (χ0n) is 14.2. The lowest BCUT2D eigenvalue weighted by molar-refractivity contribution is 0.174. The van der Waals surface area contributed by atoms with Crippen LogP contribution in [0.4, 0.5) is 10.5 Å². The number of fused-ring (bicyclic) bond motifs is 1. The maximum atomic E-state index is 12.4. The average Bonchev–Trinajstić information content (AvgIpc) is 3.22. The van der Waals surface area contributed by atoms with Gasteiger partial charge in [-0.3, -0.25) is 0 Å². The highest BCUT2D eigenvalue weighted by molar-refractivity contribution is 5.90. The third-order valence-electron chi connectivity index (χ3n) is 4.23. The Morgan fingerprint density at radius 2 is 2.08 bits per heavy atom. The van der Waals surface area contributed by atoms with E-state index in [4.69, 9.17) is 18.6 Å². The van der Waals surface area contributed by atoms with Gasteiger partial charge < -0.3 is 28.8 Å². The summed E-state index contributed by atoms with van der Waals surface area (Å²) in [5.41, 5.74) is 0.190.